The van der Waals surface area contributed by atoms with E-state index in [-0.39, 0.29) is 36.7 Å². The van der Waals surface area contributed by atoms with Crippen LogP contribution in [0, 0.1) is 10.8 Å². The summed E-state index contributed by atoms with van der Waals surface area (Å²) in [6, 6.07) is 0. The molecule has 0 amide bonds. The van der Waals surface area contributed by atoms with E-state index in [1.165, 1.54) is 27.7 Å². The van der Waals surface area contributed by atoms with Gasteiger partial charge in [-0.15, -0.1) is 0 Å². The predicted octanol–water partition coefficient (Wildman–Crippen LogP) is 1.37. The number of halogens is 8. The Morgan fingerprint density at radius 1 is 0.545 bits per heavy atom. The molecule has 0 aromatic rings. The molecule has 0 radical (unpaired) electrons. The van der Waals surface area contributed by atoms with E-state index in [2.05, 4.69) is 127 Å². The van der Waals surface area contributed by atoms with E-state index in [0.29, 0.717) is 0 Å². The minimum atomic E-state index is -1.96. The van der Waals surface area contributed by atoms with Crippen molar-refractivity contribution in [3.05, 3.63) is 0 Å². The number of carboxylic acids is 4. The van der Waals surface area contributed by atoms with Crippen molar-refractivity contribution >= 4 is 175 Å². The van der Waals surface area contributed by atoms with Gasteiger partial charge >= 0.3 is 23.9 Å². The Labute approximate surface area is 275 Å². The second-order valence-corrected chi connectivity index (χ2v) is 22.0. The molecule has 17 heteroatoms. The zero-order chi connectivity index (χ0) is 26.7. The summed E-state index contributed by atoms with van der Waals surface area (Å²) in [5, 5.41) is 44.7. The van der Waals surface area contributed by atoms with E-state index < -0.39 is 47.6 Å². The number of carbonyl (C=O) groups excluding carboxylic acids is 4. The number of aliphatic carboxylic acids is 4. The molecule has 0 fully saturated rings. The van der Waals surface area contributed by atoms with Crippen molar-refractivity contribution in [2.45, 2.75) is 53.5 Å². The first-order valence-corrected chi connectivity index (χ1v) is 14.6. The van der Waals surface area contributed by atoms with Crippen molar-refractivity contribution < 1.29 is 39.6 Å². The summed E-state index contributed by atoms with van der Waals surface area (Å²) in [5.41, 5.74) is -3.59. The maximum absolute atomic E-state index is 11.3. The van der Waals surface area contributed by atoms with Gasteiger partial charge in [0, 0.05) is 0 Å². The molecule has 0 bridgehead atoms. The quantitative estimate of drug-likeness (QED) is 0.235. The largest absolute Gasteiger partial charge is 4.00 e. The molecule has 0 spiro atoms. The van der Waals surface area contributed by atoms with E-state index in [4.69, 9.17) is 0 Å². The van der Waals surface area contributed by atoms with Crippen molar-refractivity contribution in [2.24, 2.45) is 10.8 Å². The zero-order valence-electron chi connectivity index (χ0n) is 17.2. The van der Waals surface area contributed by atoms with Gasteiger partial charge in [-0.05, 0) is 26.7 Å². The van der Waals surface area contributed by atoms with Crippen molar-refractivity contribution in [1.82, 2.24) is 0 Å². The Bertz CT molecular complexity index is 688. The maximum Gasteiger partial charge on any atom is 4.00 e. The summed E-state index contributed by atoms with van der Waals surface area (Å²) >= 11 is 23.8. The molecule has 0 saturated carbocycles. The monoisotopic (exact) mass is 1090 g/mol. The Hall–Kier alpha value is 2.52. The van der Waals surface area contributed by atoms with Crippen LogP contribution in [0.4, 0.5) is 0 Å². The minimum Gasteiger partial charge on any atom is -0.549 e. The summed E-state index contributed by atoms with van der Waals surface area (Å²) in [5.74, 6) is -6.24. The van der Waals surface area contributed by atoms with Gasteiger partial charge in [0.1, 0.15) is 6.47 Å². The van der Waals surface area contributed by atoms with Crippen LogP contribution in [0.15, 0.2) is 0 Å². The van der Waals surface area contributed by atoms with Gasteiger partial charge in [0.05, 0.1) is 41.2 Å². The second kappa shape index (κ2) is 14.1. The normalized spacial score (nSPS) is 16.1. The van der Waals surface area contributed by atoms with Crippen LogP contribution in [-0.4, -0.2) is 60.7 Å². The van der Waals surface area contributed by atoms with E-state index in [0.717, 1.165) is 0 Å². The summed E-state index contributed by atoms with van der Waals surface area (Å²) < 4.78 is -6.31. The van der Waals surface area contributed by atoms with Gasteiger partial charge in [-0.25, -0.2) is 0 Å². The van der Waals surface area contributed by atoms with Gasteiger partial charge in [0.25, 0.3) is 0 Å². The van der Waals surface area contributed by atoms with Crippen LogP contribution in [0.5, 0.6) is 0 Å². The molecule has 0 saturated heterocycles. The van der Waals surface area contributed by atoms with E-state index in [9.17, 15) is 39.6 Å². The van der Waals surface area contributed by atoms with Crippen LogP contribution in [0.1, 0.15) is 40.5 Å². The summed E-state index contributed by atoms with van der Waals surface area (Å²) in [6.45, 7) is 6.03. The van der Waals surface area contributed by atoms with Gasteiger partial charge in [0.15, 0.2) is 0 Å². The average molecular weight is 1090 g/mol. The number of hydrogen-bond donors (Lipinski definition) is 0. The molecule has 0 aliphatic carbocycles. The van der Waals surface area contributed by atoms with Gasteiger partial charge in [0.2, 0.25) is 0 Å². The molecular weight excluding hydrogens is 1080 g/mol. The Balaban J connectivity index is -0.000000529. The number of carboxylic acid groups (broad SMARTS) is 4. The molecule has 0 rings (SSSR count). The summed E-state index contributed by atoms with van der Waals surface area (Å²) in [6.07, 6.45) is -0.0143. The minimum absolute atomic E-state index is 0. The van der Waals surface area contributed by atoms with Crippen molar-refractivity contribution in [3.63, 3.8) is 0 Å². The van der Waals surface area contributed by atoms with Crippen LogP contribution >= 0.6 is 127 Å². The number of hydrogen-bond acceptors (Lipinski definition) is 8. The van der Waals surface area contributed by atoms with Crippen LogP contribution in [0.3, 0.4) is 0 Å². The third-order valence-corrected chi connectivity index (χ3v) is 11.6. The maximum atomic E-state index is 11.3. The van der Waals surface area contributed by atoms with Crippen molar-refractivity contribution in [2.75, 3.05) is 0 Å². The Kier molecular flexibility index (Phi) is 17.1. The smallest absolute Gasteiger partial charge is 0.549 e. The third kappa shape index (κ3) is 7.78. The van der Waals surface area contributed by atoms with Crippen LogP contribution in [0.25, 0.3) is 0 Å². The topological polar surface area (TPSA) is 161 Å². The SMILES string of the molecule is CCC(C(=O)[O-])(C(C)(Br)Br)C(Br)(Br)C(=O)[O-].CCC(C(=O)[O-])(C(C)(Br)Br)C(Br)(Br)C(=O)[O-].[Sn+4]. The molecule has 2 atom stereocenters. The predicted molar refractivity (Wildman–Crippen MR) is 145 cm³/mol. The molecule has 0 aliphatic rings. The average Bonchev–Trinajstić information content (AvgIpc) is 2.53. The standard InChI is InChI=1S/2C8H10Br4O4.Sn/c2*1-3-7(4(13)14,6(2,9)10)8(11,12)5(15)16;/h2*3H2,1-2H3,(H,13,14)(H,15,16);/q;;+4/p-4. The van der Waals surface area contributed by atoms with Gasteiger partial charge < -0.3 is 39.6 Å². The second-order valence-electron chi connectivity index (χ2n) is 6.59. The zero-order valence-corrected chi connectivity index (χ0v) is 32.7. The van der Waals surface area contributed by atoms with Gasteiger partial charge in [-0.3, -0.25) is 0 Å². The number of alkyl halides is 8. The molecule has 188 valence electrons. The molecule has 0 aromatic heterocycles. The summed E-state index contributed by atoms with van der Waals surface area (Å²) in [7, 11) is 0. The van der Waals surface area contributed by atoms with E-state index in [1.807, 2.05) is 0 Å². The van der Waals surface area contributed by atoms with Crippen molar-refractivity contribution in [1.29, 1.82) is 0 Å². The molecule has 2 unspecified atom stereocenters. The molecule has 33 heavy (non-hydrogen) atoms. The first-order chi connectivity index (χ1) is 13.9. The molecule has 0 N–H and O–H groups in total. The fourth-order valence-corrected chi connectivity index (χ4v) is 11.3. The molecule has 0 aliphatic heterocycles. The first-order valence-electron chi connectivity index (χ1n) is 8.27. The number of rotatable bonds is 10. The molecule has 8 nitrogen and oxygen atoms in total. The fraction of sp³-hybridized carbons (Fsp3) is 0.750. The first kappa shape index (κ1) is 40.0. The Morgan fingerprint density at radius 2 is 0.727 bits per heavy atom. The molecular formula is C16H16Br8O8Sn. The van der Waals surface area contributed by atoms with Crippen LogP contribution in [-0.2, 0) is 19.2 Å². The van der Waals surface area contributed by atoms with Gasteiger partial charge in [-0.2, -0.15) is 0 Å². The molecule has 0 heterocycles. The van der Waals surface area contributed by atoms with Crippen LogP contribution in [0.2, 0.25) is 0 Å². The Morgan fingerprint density at radius 3 is 0.758 bits per heavy atom. The van der Waals surface area contributed by atoms with Crippen molar-refractivity contribution in [3.8, 4) is 0 Å². The van der Waals surface area contributed by atoms with E-state index >= 15 is 0 Å². The third-order valence-electron chi connectivity index (χ3n) is 4.84. The summed E-state index contributed by atoms with van der Waals surface area (Å²) in [4.78, 5) is 44.7. The molecule has 0 aromatic carbocycles. The van der Waals surface area contributed by atoms with Crippen LogP contribution < -0.4 is 20.4 Å². The fourth-order valence-electron chi connectivity index (χ4n) is 2.87. The van der Waals surface area contributed by atoms with Gasteiger partial charge in [-0.1, -0.05) is 141 Å². The number of carbonyl (C=O) groups is 4. The van der Waals surface area contributed by atoms with E-state index in [1.54, 1.807) is 0 Å².